The van der Waals surface area contributed by atoms with Gasteiger partial charge in [-0.1, -0.05) is 58.7 Å². The fourth-order valence-electron chi connectivity index (χ4n) is 2.44. The van der Waals surface area contributed by atoms with Crippen LogP contribution in [0.3, 0.4) is 0 Å². The third-order valence-electron chi connectivity index (χ3n) is 3.81. The minimum absolute atomic E-state index is 0.230. The third-order valence-corrected chi connectivity index (χ3v) is 3.81. The van der Waals surface area contributed by atoms with Crippen molar-refractivity contribution in [3.8, 4) is 17.5 Å². The second-order valence-electron chi connectivity index (χ2n) is 5.82. The highest BCUT2D eigenvalue weighted by atomic mass is 16.5. The second kappa shape index (κ2) is 6.51. The summed E-state index contributed by atoms with van der Waals surface area (Å²) in [5.41, 5.74) is 5.62. The van der Waals surface area contributed by atoms with E-state index >= 15 is 0 Å². The Bertz CT molecular complexity index is 944. The molecule has 0 aliphatic rings. The SMILES string of the molecule is Cc1ccc(-c2noc(/C(C#N)=C/c3ccc(C)cc3C)n2)cc1. The molecule has 0 fully saturated rings. The maximum atomic E-state index is 9.46. The van der Waals surface area contributed by atoms with E-state index in [4.69, 9.17) is 4.52 Å². The highest BCUT2D eigenvalue weighted by Crippen LogP contribution is 2.22. The molecule has 0 aliphatic heterocycles. The van der Waals surface area contributed by atoms with Crippen molar-refractivity contribution in [2.45, 2.75) is 20.8 Å². The molecule has 4 nitrogen and oxygen atoms in total. The second-order valence-corrected chi connectivity index (χ2v) is 5.82. The molecule has 0 aliphatic carbocycles. The van der Waals surface area contributed by atoms with E-state index in [2.05, 4.69) is 22.3 Å². The zero-order valence-corrected chi connectivity index (χ0v) is 13.9. The lowest BCUT2D eigenvalue weighted by Crippen LogP contribution is -1.87. The van der Waals surface area contributed by atoms with Gasteiger partial charge in [0.25, 0.3) is 5.89 Å². The normalized spacial score (nSPS) is 11.3. The lowest BCUT2D eigenvalue weighted by molar-refractivity contribution is 0.409. The Labute approximate surface area is 141 Å². The van der Waals surface area contributed by atoms with Crippen LogP contribution in [0.1, 0.15) is 28.1 Å². The Kier molecular flexibility index (Phi) is 4.26. The smallest absolute Gasteiger partial charge is 0.268 e. The van der Waals surface area contributed by atoms with Crippen LogP contribution in [0, 0.1) is 32.1 Å². The van der Waals surface area contributed by atoms with Crippen molar-refractivity contribution in [3.05, 3.63) is 70.6 Å². The first-order valence-electron chi connectivity index (χ1n) is 7.67. The number of rotatable bonds is 3. The molecule has 24 heavy (non-hydrogen) atoms. The number of benzene rings is 2. The van der Waals surface area contributed by atoms with Gasteiger partial charge in [-0.05, 0) is 38.0 Å². The summed E-state index contributed by atoms with van der Waals surface area (Å²) in [6.07, 6.45) is 1.78. The summed E-state index contributed by atoms with van der Waals surface area (Å²) < 4.78 is 5.29. The zero-order chi connectivity index (χ0) is 17.1. The number of allylic oxidation sites excluding steroid dienone is 1. The molecule has 3 aromatic rings. The minimum Gasteiger partial charge on any atom is -0.333 e. The number of hydrogen-bond acceptors (Lipinski definition) is 4. The van der Waals surface area contributed by atoms with Gasteiger partial charge in [-0.25, -0.2) is 0 Å². The molecule has 1 aromatic heterocycles. The van der Waals surface area contributed by atoms with Crippen LogP contribution in [0.25, 0.3) is 23.0 Å². The zero-order valence-electron chi connectivity index (χ0n) is 13.9. The van der Waals surface area contributed by atoms with Gasteiger partial charge in [0.15, 0.2) is 0 Å². The van der Waals surface area contributed by atoms with Crippen molar-refractivity contribution >= 4 is 11.6 Å². The first kappa shape index (κ1) is 15.7. The van der Waals surface area contributed by atoms with Gasteiger partial charge >= 0.3 is 0 Å². The maximum absolute atomic E-state index is 9.46. The number of nitrogens with zero attached hydrogens (tertiary/aromatic N) is 3. The van der Waals surface area contributed by atoms with Crippen molar-refractivity contribution in [1.82, 2.24) is 10.1 Å². The fourth-order valence-corrected chi connectivity index (χ4v) is 2.44. The molecule has 0 N–H and O–H groups in total. The van der Waals surface area contributed by atoms with Crippen molar-refractivity contribution in [2.75, 3.05) is 0 Å². The van der Waals surface area contributed by atoms with Gasteiger partial charge in [0.1, 0.15) is 11.6 Å². The third kappa shape index (κ3) is 3.26. The van der Waals surface area contributed by atoms with Crippen molar-refractivity contribution < 1.29 is 4.52 Å². The van der Waals surface area contributed by atoms with E-state index in [1.165, 1.54) is 5.56 Å². The first-order valence-corrected chi connectivity index (χ1v) is 7.67. The quantitative estimate of drug-likeness (QED) is 0.656. The Morgan fingerprint density at radius 1 is 1.04 bits per heavy atom. The highest BCUT2D eigenvalue weighted by molar-refractivity contribution is 5.87. The van der Waals surface area contributed by atoms with Crippen molar-refractivity contribution in [3.63, 3.8) is 0 Å². The molecular weight excluding hydrogens is 298 g/mol. The van der Waals surface area contributed by atoms with Gasteiger partial charge in [0.05, 0.1) is 0 Å². The van der Waals surface area contributed by atoms with Crippen LogP contribution in [0.15, 0.2) is 47.0 Å². The molecule has 0 saturated carbocycles. The molecule has 1 heterocycles. The predicted octanol–water partition coefficient (Wildman–Crippen LogP) is 4.73. The monoisotopic (exact) mass is 315 g/mol. The molecule has 3 rings (SSSR count). The van der Waals surface area contributed by atoms with Crippen LogP contribution in [-0.4, -0.2) is 10.1 Å². The summed E-state index contributed by atoms with van der Waals surface area (Å²) in [7, 11) is 0. The summed E-state index contributed by atoms with van der Waals surface area (Å²) in [4.78, 5) is 4.36. The Balaban J connectivity index is 1.96. The average Bonchev–Trinajstić information content (AvgIpc) is 3.05. The van der Waals surface area contributed by atoms with Gasteiger partial charge < -0.3 is 4.52 Å². The Hall–Kier alpha value is -3.19. The Morgan fingerprint density at radius 3 is 2.42 bits per heavy atom. The van der Waals surface area contributed by atoms with Crippen LogP contribution >= 0.6 is 0 Å². The number of aryl methyl sites for hydroxylation is 3. The molecule has 0 amide bonds. The summed E-state index contributed by atoms with van der Waals surface area (Å²) >= 11 is 0. The standard InChI is InChI=1S/C20H17N3O/c1-13-4-7-16(8-5-13)19-22-20(24-23-19)18(12-21)11-17-9-6-14(2)10-15(17)3/h4-11H,1-3H3/b18-11+. The lowest BCUT2D eigenvalue weighted by Gasteiger charge is -2.01. The van der Waals surface area contributed by atoms with Crippen LogP contribution in [-0.2, 0) is 0 Å². The molecule has 0 unspecified atom stereocenters. The van der Waals surface area contributed by atoms with E-state index in [9.17, 15) is 5.26 Å². The van der Waals surface area contributed by atoms with Crippen LogP contribution in [0.2, 0.25) is 0 Å². The predicted molar refractivity (Wildman–Crippen MR) is 93.9 cm³/mol. The summed E-state index contributed by atoms with van der Waals surface area (Å²) in [5.74, 6) is 0.708. The molecule has 118 valence electrons. The minimum atomic E-state index is 0.230. The summed E-state index contributed by atoms with van der Waals surface area (Å²) in [6.45, 7) is 6.07. The molecule has 4 heteroatoms. The number of hydrogen-bond donors (Lipinski definition) is 0. The molecule has 0 radical (unpaired) electrons. The van der Waals surface area contributed by atoms with Crippen molar-refractivity contribution in [2.24, 2.45) is 0 Å². The van der Waals surface area contributed by atoms with Crippen molar-refractivity contribution in [1.29, 1.82) is 5.26 Å². The fraction of sp³-hybridized carbons (Fsp3) is 0.150. The molecule has 2 aromatic carbocycles. The van der Waals surface area contributed by atoms with Crippen LogP contribution in [0.5, 0.6) is 0 Å². The van der Waals surface area contributed by atoms with Crippen LogP contribution in [0.4, 0.5) is 0 Å². The van der Waals surface area contributed by atoms with Gasteiger partial charge in [-0.15, -0.1) is 0 Å². The van der Waals surface area contributed by atoms with E-state index in [-0.39, 0.29) is 5.89 Å². The van der Waals surface area contributed by atoms with E-state index in [1.54, 1.807) is 6.08 Å². The molecule has 0 atom stereocenters. The topological polar surface area (TPSA) is 62.7 Å². The average molecular weight is 315 g/mol. The van der Waals surface area contributed by atoms with E-state index in [0.717, 1.165) is 22.3 Å². The lowest BCUT2D eigenvalue weighted by atomic mass is 10.0. The van der Waals surface area contributed by atoms with Gasteiger partial charge in [-0.3, -0.25) is 0 Å². The highest BCUT2D eigenvalue weighted by Gasteiger charge is 2.13. The van der Waals surface area contributed by atoms with Gasteiger partial charge in [0, 0.05) is 5.56 Å². The van der Waals surface area contributed by atoms with Gasteiger partial charge in [0.2, 0.25) is 5.82 Å². The first-order chi connectivity index (χ1) is 11.6. The molecule has 0 bridgehead atoms. The van der Waals surface area contributed by atoms with Crippen LogP contribution < -0.4 is 0 Å². The van der Waals surface area contributed by atoms with E-state index in [0.29, 0.717) is 11.4 Å². The Morgan fingerprint density at radius 2 is 1.75 bits per heavy atom. The van der Waals surface area contributed by atoms with Gasteiger partial charge in [-0.2, -0.15) is 10.2 Å². The summed E-state index contributed by atoms with van der Waals surface area (Å²) in [5, 5.41) is 13.4. The number of aromatic nitrogens is 2. The summed E-state index contributed by atoms with van der Waals surface area (Å²) in [6, 6.07) is 16.1. The molecule has 0 spiro atoms. The molecular formula is C20H17N3O. The number of nitriles is 1. The van der Waals surface area contributed by atoms with E-state index < -0.39 is 0 Å². The van der Waals surface area contributed by atoms with E-state index in [1.807, 2.05) is 57.2 Å². The molecule has 0 saturated heterocycles. The maximum Gasteiger partial charge on any atom is 0.268 e. The largest absolute Gasteiger partial charge is 0.333 e.